The van der Waals surface area contributed by atoms with E-state index in [4.69, 9.17) is 23.2 Å². The molecule has 0 saturated heterocycles. The van der Waals surface area contributed by atoms with Crippen LogP contribution in [0.1, 0.15) is 50.2 Å². The van der Waals surface area contributed by atoms with Gasteiger partial charge in [0.1, 0.15) is 5.82 Å². The molecule has 1 atom stereocenters. The third-order valence-electron chi connectivity index (χ3n) is 4.34. The normalized spacial score (nSPS) is 17.9. The highest BCUT2D eigenvalue weighted by atomic mass is 35.5. The summed E-state index contributed by atoms with van der Waals surface area (Å²) in [5, 5.41) is 0.673. The first kappa shape index (κ1) is 14.2. The van der Waals surface area contributed by atoms with E-state index in [2.05, 4.69) is 9.55 Å². The van der Waals surface area contributed by atoms with Crippen LogP contribution in [0, 0.1) is 5.92 Å². The summed E-state index contributed by atoms with van der Waals surface area (Å²) in [5.74, 6) is 1.79. The molecule has 0 aliphatic heterocycles. The number of imidazole rings is 1. The molecule has 1 aliphatic rings. The zero-order chi connectivity index (χ0) is 14.1. The Bertz CT molecular complexity index is 598. The Hall–Kier alpha value is -0.730. The first-order valence-corrected chi connectivity index (χ1v) is 8.27. The van der Waals surface area contributed by atoms with Gasteiger partial charge in [-0.1, -0.05) is 43.4 Å². The standard InChI is InChI=1S/C16H20Cl2N2/c1-11(17)16-19-14-8-4-7-13(18)15(14)20(16)10-9-12-5-2-3-6-12/h4,7-8,11-12H,2-3,5-6,9-10H2,1H3. The lowest BCUT2D eigenvalue weighted by atomic mass is 10.0. The van der Waals surface area contributed by atoms with Crippen LogP contribution in [0.3, 0.4) is 0 Å². The molecule has 1 heterocycles. The number of aromatic nitrogens is 2. The minimum Gasteiger partial charge on any atom is -0.326 e. The number of para-hydroxylation sites is 1. The van der Waals surface area contributed by atoms with Gasteiger partial charge in [-0.05, 0) is 31.4 Å². The number of fused-ring (bicyclic) bond motifs is 1. The van der Waals surface area contributed by atoms with Crippen molar-refractivity contribution in [2.24, 2.45) is 5.92 Å². The van der Waals surface area contributed by atoms with Crippen molar-refractivity contribution in [3.63, 3.8) is 0 Å². The Kier molecular flexibility index (Phi) is 4.23. The van der Waals surface area contributed by atoms with E-state index in [1.54, 1.807) is 0 Å². The van der Waals surface area contributed by atoms with Gasteiger partial charge >= 0.3 is 0 Å². The van der Waals surface area contributed by atoms with E-state index in [1.165, 1.54) is 32.1 Å². The Morgan fingerprint density at radius 2 is 2.10 bits per heavy atom. The van der Waals surface area contributed by atoms with Gasteiger partial charge in [0.25, 0.3) is 0 Å². The molecule has 1 fully saturated rings. The summed E-state index contributed by atoms with van der Waals surface area (Å²) in [7, 11) is 0. The molecule has 20 heavy (non-hydrogen) atoms. The largest absolute Gasteiger partial charge is 0.326 e. The van der Waals surface area contributed by atoms with Gasteiger partial charge in [0.05, 0.1) is 21.4 Å². The molecule has 0 N–H and O–H groups in total. The van der Waals surface area contributed by atoms with Crippen molar-refractivity contribution in [3.05, 3.63) is 29.0 Å². The summed E-state index contributed by atoms with van der Waals surface area (Å²) < 4.78 is 2.23. The van der Waals surface area contributed by atoms with Crippen molar-refractivity contribution < 1.29 is 0 Å². The van der Waals surface area contributed by atoms with Crippen LogP contribution in [-0.2, 0) is 6.54 Å². The molecule has 1 aliphatic carbocycles. The number of nitrogens with zero attached hydrogens (tertiary/aromatic N) is 2. The molecular formula is C16H20Cl2N2. The predicted molar refractivity (Wildman–Crippen MR) is 85.6 cm³/mol. The maximum Gasteiger partial charge on any atom is 0.127 e. The maximum absolute atomic E-state index is 6.37. The number of halogens is 2. The first-order chi connectivity index (χ1) is 9.66. The lowest BCUT2D eigenvalue weighted by Gasteiger charge is -2.14. The minimum absolute atomic E-state index is 0.0953. The van der Waals surface area contributed by atoms with E-state index >= 15 is 0 Å². The van der Waals surface area contributed by atoms with E-state index in [0.29, 0.717) is 0 Å². The van der Waals surface area contributed by atoms with Crippen LogP contribution in [-0.4, -0.2) is 9.55 Å². The van der Waals surface area contributed by atoms with Gasteiger partial charge in [-0.3, -0.25) is 0 Å². The van der Waals surface area contributed by atoms with E-state index in [-0.39, 0.29) is 5.38 Å². The van der Waals surface area contributed by atoms with Crippen molar-refractivity contribution in [1.82, 2.24) is 9.55 Å². The van der Waals surface area contributed by atoms with E-state index in [9.17, 15) is 0 Å². The highest BCUT2D eigenvalue weighted by molar-refractivity contribution is 6.35. The monoisotopic (exact) mass is 310 g/mol. The lowest BCUT2D eigenvalue weighted by molar-refractivity contribution is 0.456. The zero-order valence-electron chi connectivity index (χ0n) is 11.8. The van der Waals surface area contributed by atoms with Gasteiger partial charge < -0.3 is 4.57 Å². The van der Waals surface area contributed by atoms with Crippen LogP contribution in [0.15, 0.2) is 18.2 Å². The summed E-state index contributed by atoms with van der Waals surface area (Å²) in [6, 6.07) is 5.89. The van der Waals surface area contributed by atoms with Crippen LogP contribution in [0.4, 0.5) is 0 Å². The molecule has 0 radical (unpaired) electrons. The summed E-state index contributed by atoms with van der Waals surface area (Å²) in [5.41, 5.74) is 1.99. The van der Waals surface area contributed by atoms with Gasteiger partial charge in [-0.25, -0.2) is 4.98 Å². The first-order valence-electron chi connectivity index (χ1n) is 7.45. The Balaban J connectivity index is 1.95. The number of aryl methyl sites for hydroxylation is 1. The predicted octanol–water partition coefficient (Wildman–Crippen LogP) is 5.57. The van der Waals surface area contributed by atoms with Crippen molar-refractivity contribution >= 4 is 34.2 Å². The Morgan fingerprint density at radius 3 is 2.80 bits per heavy atom. The van der Waals surface area contributed by atoms with Gasteiger partial charge in [0.2, 0.25) is 0 Å². The summed E-state index contributed by atoms with van der Waals surface area (Å²) in [4.78, 5) is 4.66. The SMILES string of the molecule is CC(Cl)c1nc2cccc(Cl)c2n1CCC1CCCC1. The molecule has 108 valence electrons. The molecule has 3 rings (SSSR count). The smallest absolute Gasteiger partial charge is 0.127 e. The molecule has 1 aromatic carbocycles. The fraction of sp³-hybridized carbons (Fsp3) is 0.562. The number of hydrogen-bond acceptors (Lipinski definition) is 1. The minimum atomic E-state index is -0.0953. The van der Waals surface area contributed by atoms with Crippen LogP contribution in [0.25, 0.3) is 11.0 Å². The van der Waals surface area contributed by atoms with Crippen molar-refractivity contribution in [3.8, 4) is 0 Å². The fourth-order valence-corrected chi connectivity index (χ4v) is 3.74. The number of benzene rings is 1. The molecule has 1 aromatic heterocycles. The van der Waals surface area contributed by atoms with Crippen molar-refractivity contribution in [1.29, 1.82) is 0 Å². The zero-order valence-corrected chi connectivity index (χ0v) is 13.3. The van der Waals surface area contributed by atoms with Gasteiger partial charge in [-0.2, -0.15) is 0 Å². The molecule has 4 heteroatoms. The summed E-state index contributed by atoms with van der Waals surface area (Å²) in [6.07, 6.45) is 6.70. The second-order valence-electron chi connectivity index (χ2n) is 5.78. The van der Waals surface area contributed by atoms with E-state index in [1.807, 2.05) is 25.1 Å². The fourth-order valence-electron chi connectivity index (χ4n) is 3.30. The quantitative estimate of drug-likeness (QED) is 0.675. The van der Waals surface area contributed by atoms with Crippen LogP contribution >= 0.6 is 23.2 Å². The molecule has 0 bridgehead atoms. The van der Waals surface area contributed by atoms with Gasteiger partial charge in [0.15, 0.2) is 0 Å². The summed E-state index contributed by atoms with van der Waals surface area (Å²) >= 11 is 12.7. The number of rotatable bonds is 4. The molecular weight excluding hydrogens is 291 g/mol. The molecule has 1 unspecified atom stereocenters. The number of alkyl halides is 1. The van der Waals surface area contributed by atoms with E-state index in [0.717, 1.165) is 34.3 Å². The Labute approximate surface area is 130 Å². The Morgan fingerprint density at radius 1 is 1.35 bits per heavy atom. The third kappa shape index (κ3) is 2.68. The average Bonchev–Trinajstić information content (AvgIpc) is 3.03. The maximum atomic E-state index is 6.37. The topological polar surface area (TPSA) is 17.8 Å². The van der Waals surface area contributed by atoms with Crippen LogP contribution < -0.4 is 0 Å². The molecule has 2 aromatic rings. The van der Waals surface area contributed by atoms with Gasteiger partial charge in [0, 0.05) is 6.54 Å². The average molecular weight is 311 g/mol. The van der Waals surface area contributed by atoms with Crippen LogP contribution in [0.5, 0.6) is 0 Å². The second kappa shape index (κ2) is 5.95. The van der Waals surface area contributed by atoms with E-state index < -0.39 is 0 Å². The molecule has 1 saturated carbocycles. The highest BCUT2D eigenvalue weighted by Crippen LogP contribution is 2.32. The lowest BCUT2D eigenvalue weighted by Crippen LogP contribution is -2.08. The molecule has 2 nitrogen and oxygen atoms in total. The van der Waals surface area contributed by atoms with Crippen molar-refractivity contribution in [2.75, 3.05) is 0 Å². The second-order valence-corrected chi connectivity index (χ2v) is 6.85. The van der Waals surface area contributed by atoms with Crippen molar-refractivity contribution in [2.45, 2.75) is 50.9 Å². The van der Waals surface area contributed by atoms with Crippen LogP contribution in [0.2, 0.25) is 5.02 Å². The number of hydrogen-bond donors (Lipinski definition) is 0. The summed E-state index contributed by atoms with van der Waals surface area (Å²) in [6.45, 7) is 2.94. The molecule has 0 spiro atoms. The molecule has 0 amide bonds. The van der Waals surface area contributed by atoms with Gasteiger partial charge in [-0.15, -0.1) is 11.6 Å². The third-order valence-corrected chi connectivity index (χ3v) is 4.84. The highest BCUT2D eigenvalue weighted by Gasteiger charge is 2.19.